The van der Waals surface area contributed by atoms with Gasteiger partial charge in [-0.25, -0.2) is 18.2 Å². The van der Waals surface area contributed by atoms with Gasteiger partial charge in [-0.2, -0.15) is 0 Å². The lowest BCUT2D eigenvalue weighted by Gasteiger charge is -2.24. The first kappa shape index (κ1) is 25.1. The van der Waals surface area contributed by atoms with E-state index in [9.17, 15) is 18.0 Å². The van der Waals surface area contributed by atoms with Crippen molar-refractivity contribution >= 4 is 48.5 Å². The summed E-state index contributed by atoms with van der Waals surface area (Å²) in [6.07, 6.45) is 3.32. The Hall–Kier alpha value is -3.02. The number of aromatic nitrogens is 1. The maximum atomic E-state index is 12.5. The molecule has 3 aromatic rings. The molecule has 2 aromatic carbocycles. The van der Waals surface area contributed by atoms with E-state index >= 15 is 0 Å². The van der Waals surface area contributed by atoms with Gasteiger partial charge in [0.25, 0.3) is 0 Å². The maximum absolute atomic E-state index is 12.5. The number of hydrogen-bond donors (Lipinski definition) is 2. The average Bonchev–Trinajstić information content (AvgIpc) is 3.44. The summed E-state index contributed by atoms with van der Waals surface area (Å²) < 4.78 is 29.8. The second kappa shape index (κ2) is 10.7. The number of nitrogens with zero attached hydrogens (tertiary/aromatic N) is 2. The molecule has 2 N–H and O–H groups in total. The van der Waals surface area contributed by atoms with E-state index in [1.165, 1.54) is 17.6 Å². The number of carbonyl (C=O) groups excluding carboxylic acids is 2. The van der Waals surface area contributed by atoms with E-state index in [1.807, 2.05) is 29.2 Å². The Bertz CT molecular complexity index is 1340. The zero-order valence-electron chi connectivity index (χ0n) is 19.6. The van der Waals surface area contributed by atoms with Gasteiger partial charge in [-0.1, -0.05) is 29.5 Å². The maximum Gasteiger partial charge on any atom is 0.321 e. The van der Waals surface area contributed by atoms with Gasteiger partial charge in [0.15, 0.2) is 15.0 Å². The zero-order valence-corrected chi connectivity index (χ0v) is 21.2. The number of nitrogens with one attached hydrogen (secondary N) is 2. The van der Waals surface area contributed by atoms with Crippen LogP contribution in [0.25, 0.3) is 21.3 Å². The van der Waals surface area contributed by atoms with E-state index in [0.29, 0.717) is 11.7 Å². The molecule has 0 bridgehead atoms. The summed E-state index contributed by atoms with van der Waals surface area (Å²) in [4.78, 5) is 31.3. The monoisotopic (exact) mass is 516 g/mol. The van der Waals surface area contributed by atoms with Crippen LogP contribution in [0.15, 0.2) is 47.4 Å². The number of anilines is 1. The molecule has 4 rings (SSSR count). The van der Waals surface area contributed by atoms with Gasteiger partial charge in [0.2, 0.25) is 5.91 Å². The Morgan fingerprint density at radius 2 is 2.00 bits per heavy atom. The van der Waals surface area contributed by atoms with Crippen molar-refractivity contribution < 1.29 is 22.7 Å². The number of ether oxygens (including phenoxy) is 1. The number of thiazole rings is 1. The van der Waals surface area contributed by atoms with Crippen LogP contribution in [0, 0.1) is 0 Å². The molecule has 0 spiro atoms. The van der Waals surface area contributed by atoms with Gasteiger partial charge in [-0.05, 0) is 48.2 Å². The first-order valence-corrected chi connectivity index (χ1v) is 14.0. The van der Waals surface area contributed by atoms with Crippen LogP contribution in [0.4, 0.5) is 9.93 Å². The molecule has 0 radical (unpaired) electrons. The van der Waals surface area contributed by atoms with Crippen molar-refractivity contribution in [2.24, 2.45) is 0 Å². The predicted octanol–water partition coefficient (Wildman–Crippen LogP) is 3.52. The standard InChI is InChI=1S/C24H28N4O5S2/c1-33-15-18-6-4-12-28(18)22(29)10-11-25-23(30)27-24-26-20-9-8-17(14-21(20)34-24)16-5-3-7-19(13-16)35(2,31)32/h3,5,7-9,13-14,18H,4,6,10-12,15H2,1-2H3,(H2,25,26,27,30). The number of methoxy groups -OCH3 is 1. The number of likely N-dealkylation sites (tertiary alicyclic amines) is 1. The van der Waals surface area contributed by atoms with Crippen LogP contribution < -0.4 is 10.6 Å². The van der Waals surface area contributed by atoms with Crippen LogP contribution in [0.3, 0.4) is 0 Å². The molecule has 0 aliphatic carbocycles. The van der Waals surface area contributed by atoms with Crippen LogP contribution in [0.5, 0.6) is 0 Å². The number of benzene rings is 2. The highest BCUT2D eigenvalue weighted by Gasteiger charge is 2.28. The molecule has 1 fully saturated rings. The average molecular weight is 517 g/mol. The normalized spacial score (nSPS) is 15.9. The van der Waals surface area contributed by atoms with Gasteiger partial charge < -0.3 is 15.0 Å². The van der Waals surface area contributed by atoms with Gasteiger partial charge in [-0.3, -0.25) is 10.1 Å². The van der Waals surface area contributed by atoms with Gasteiger partial charge in [0.05, 0.1) is 27.8 Å². The number of urea groups is 1. The van der Waals surface area contributed by atoms with E-state index in [1.54, 1.807) is 25.3 Å². The van der Waals surface area contributed by atoms with Crippen molar-refractivity contribution in [2.75, 3.05) is 38.4 Å². The zero-order chi connectivity index (χ0) is 25.0. The molecule has 1 aliphatic rings. The minimum atomic E-state index is -3.30. The molecule has 35 heavy (non-hydrogen) atoms. The molecule has 1 saturated heterocycles. The number of amides is 3. The highest BCUT2D eigenvalue weighted by atomic mass is 32.2. The van der Waals surface area contributed by atoms with Gasteiger partial charge in [-0.15, -0.1) is 0 Å². The van der Waals surface area contributed by atoms with Crippen molar-refractivity contribution in [3.63, 3.8) is 0 Å². The molecule has 0 saturated carbocycles. The highest BCUT2D eigenvalue weighted by molar-refractivity contribution is 7.90. The topological polar surface area (TPSA) is 118 Å². The molecule has 1 unspecified atom stereocenters. The molecule has 1 aromatic heterocycles. The summed E-state index contributed by atoms with van der Waals surface area (Å²) >= 11 is 1.32. The van der Waals surface area contributed by atoms with Crippen molar-refractivity contribution in [3.8, 4) is 11.1 Å². The fourth-order valence-electron chi connectivity index (χ4n) is 4.16. The van der Waals surface area contributed by atoms with Crippen LogP contribution in [-0.2, 0) is 19.4 Å². The van der Waals surface area contributed by atoms with Crippen molar-refractivity contribution in [2.45, 2.75) is 30.2 Å². The first-order valence-electron chi connectivity index (χ1n) is 11.3. The minimum absolute atomic E-state index is 0.0114. The Balaban J connectivity index is 1.35. The molecule has 11 heteroatoms. The lowest BCUT2D eigenvalue weighted by molar-refractivity contribution is -0.132. The first-order chi connectivity index (χ1) is 16.7. The number of carbonyl (C=O) groups is 2. The third-order valence-electron chi connectivity index (χ3n) is 5.89. The molecule has 9 nitrogen and oxygen atoms in total. The van der Waals surface area contributed by atoms with E-state index in [0.717, 1.165) is 40.7 Å². The van der Waals surface area contributed by atoms with Crippen LogP contribution in [0.1, 0.15) is 19.3 Å². The molecule has 186 valence electrons. The highest BCUT2D eigenvalue weighted by Crippen LogP contribution is 2.31. The second-order valence-corrected chi connectivity index (χ2v) is 11.5. The molecular weight excluding hydrogens is 488 g/mol. The fourth-order valence-corrected chi connectivity index (χ4v) is 5.73. The molecule has 2 heterocycles. The Morgan fingerprint density at radius 3 is 2.77 bits per heavy atom. The van der Waals surface area contributed by atoms with Gasteiger partial charge in [0.1, 0.15) is 0 Å². The number of fused-ring (bicyclic) bond motifs is 1. The Kier molecular flexibility index (Phi) is 7.68. The molecule has 1 atom stereocenters. The van der Waals surface area contributed by atoms with Gasteiger partial charge >= 0.3 is 6.03 Å². The lowest BCUT2D eigenvalue weighted by atomic mass is 10.1. The quantitative estimate of drug-likeness (QED) is 0.473. The van der Waals surface area contributed by atoms with Crippen LogP contribution in [-0.4, -0.2) is 69.3 Å². The smallest absolute Gasteiger partial charge is 0.321 e. The van der Waals surface area contributed by atoms with Gasteiger partial charge in [0, 0.05) is 32.9 Å². The summed E-state index contributed by atoms with van der Waals surface area (Å²) in [5.74, 6) is 0.0114. The van der Waals surface area contributed by atoms with Crippen molar-refractivity contribution in [1.29, 1.82) is 0 Å². The summed E-state index contributed by atoms with van der Waals surface area (Å²) in [6.45, 7) is 1.49. The van der Waals surface area contributed by atoms with Crippen LogP contribution >= 0.6 is 11.3 Å². The van der Waals surface area contributed by atoms with E-state index in [4.69, 9.17) is 4.74 Å². The second-order valence-electron chi connectivity index (χ2n) is 8.47. The summed E-state index contributed by atoms with van der Waals surface area (Å²) in [5.41, 5.74) is 2.36. The van der Waals surface area contributed by atoms with E-state index < -0.39 is 15.9 Å². The molecular formula is C24H28N4O5S2. The van der Waals surface area contributed by atoms with Crippen molar-refractivity contribution in [3.05, 3.63) is 42.5 Å². The Morgan fingerprint density at radius 1 is 1.20 bits per heavy atom. The fraction of sp³-hybridized carbons (Fsp3) is 0.375. The predicted molar refractivity (Wildman–Crippen MR) is 136 cm³/mol. The van der Waals surface area contributed by atoms with E-state index in [-0.39, 0.29) is 29.8 Å². The summed E-state index contributed by atoms with van der Waals surface area (Å²) in [5, 5.41) is 5.88. The third-order valence-corrected chi connectivity index (χ3v) is 7.93. The molecule has 3 amide bonds. The Labute approximate surface area is 208 Å². The van der Waals surface area contributed by atoms with Crippen LogP contribution in [0.2, 0.25) is 0 Å². The largest absolute Gasteiger partial charge is 0.383 e. The number of rotatable bonds is 8. The third kappa shape index (κ3) is 6.16. The summed E-state index contributed by atoms with van der Waals surface area (Å²) in [6, 6.07) is 12.1. The minimum Gasteiger partial charge on any atom is -0.383 e. The molecule has 1 aliphatic heterocycles. The lowest BCUT2D eigenvalue weighted by Crippen LogP contribution is -2.40. The number of hydrogen-bond acceptors (Lipinski definition) is 7. The van der Waals surface area contributed by atoms with E-state index in [2.05, 4.69) is 15.6 Å². The summed E-state index contributed by atoms with van der Waals surface area (Å²) in [7, 11) is -1.67. The SMILES string of the molecule is COCC1CCCN1C(=O)CCNC(=O)Nc1nc2ccc(-c3cccc(S(C)(=O)=O)c3)cc2s1. The van der Waals surface area contributed by atoms with Crippen molar-refractivity contribution in [1.82, 2.24) is 15.2 Å². The number of sulfone groups is 1.